The number of aryl methyl sites for hydroxylation is 1. The van der Waals surface area contributed by atoms with Crippen LogP contribution in [0.1, 0.15) is 35.7 Å². The highest BCUT2D eigenvalue weighted by molar-refractivity contribution is 7.92. The topological polar surface area (TPSA) is 75.7 Å². The predicted octanol–water partition coefficient (Wildman–Crippen LogP) is 3.68. The molecule has 0 spiro atoms. The molecule has 7 heteroatoms. The molecular weight excluding hydrogens is 364 g/mol. The van der Waals surface area contributed by atoms with Gasteiger partial charge in [-0.3, -0.25) is 9.52 Å². The van der Waals surface area contributed by atoms with Crippen LogP contribution in [0.4, 0.5) is 5.69 Å². The van der Waals surface area contributed by atoms with Crippen LogP contribution >= 0.6 is 0 Å². The van der Waals surface area contributed by atoms with Gasteiger partial charge in [-0.2, -0.15) is 0 Å². The summed E-state index contributed by atoms with van der Waals surface area (Å²) < 4.78 is 33.6. The fraction of sp³-hybridized carbons (Fsp3) is 0.350. The highest BCUT2D eigenvalue weighted by Gasteiger charge is 2.21. The number of carbonyl (C=O) groups is 1. The number of unbranched alkanes of at least 4 members (excludes halogenated alkanes) is 1. The number of methoxy groups -OCH3 is 1. The number of hydrogen-bond donors (Lipinski definition) is 1. The Kier molecular flexibility index (Phi) is 6.85. The first-order valence-electron chi connectivity index (χ1n) is 8.82. The smallest absolute Gasteiger partial charge is 0.262 e. The van der Waals surface area contributed by atoms with Gasteiger partial charge < -0.3 is 9.64 Å². The molecule has 0 saturated carbocycles. The number of nitrogens with one attached hydrogen (secondary N) is 1. The Morgan fingerprint density at radius 1 is 1.19 bits per heavy atom. The number of ether oxygens (including phenoxy) is 1. The van der Waals surface area contributed by atoms with Crippen molar-refractivity contribution in [2.45, 2.75) is 31.6 Å². The molecule has 0 heterocycles. The number of carbonyl (C=O) groups excluding carboxylic acids is 1. The summed E-state index contributed by atoms with van der Waals surface area (Å²) in [4.78, 5) is 14.3. The van der Waals surface area contributed by atoms with Crippen LogP contribution in [0, 0.1) is 6.92 Å². The maximum atomic E-state index is 12.9. The average molecular weight is 391 g/mol. The number of hydrogen-bond acceptors (Lipinski definition) is 4. The van der Waals surface area contributed by atoms with Gasteiger partial charge in [0.1, 0.15) is 5.75 Å². The van der Waals surface area contributed by atoms with E-state index in [9.17, 15) is 13.2 Å². The molecule has 0 aliphatic heterocycles. The monoisotopic (exact) mass is 390 g/mol. The summed E-state index contributed by atoms with van der Waals surface area (Å²) in [5.41, 5.74) is 1.25. The van der Waals surface area contributed by atoms with Gasteiger partial charge in [0.15, 0.2) is 0 Å². The van der Waals surface area contributed by atoms with Gasteiger partial charge >= 0.3 is 0 Å². The zero-order chi connectivity index (χ0) is 20.0. The van der Waals surface area contributed by atoms with Crippen LogP contribution in [-0.4, -0.2) is 39.9 Å². The first-order chi connectivity index (χ1) is 12.8. The second kappa shape index (κ2) is 8.90. The lowest BCUT2D eigenvalue weighted by Gasteiger charge is -2.18. The van der Waals surface area contributed by atoms with Crippen molar-refractivity contribution in [2.75, 3.05) is 25.4 Å². The van der Waals surface area contributed by atoms with Crippen LogP contribution in [0.3, 0.4) is 0 Å². The molecule has 0 aromatic heterocycles. The molecule has 2 aromatic rings. The molecule has 146 valence electrons. The summed E-state index contributed by atoms with van der Waals surface area (Å²) in [6.07, 6.45) is 1.88. The molecule has 2 rings (SSSR count). The molecule has 27 heavy (non-hydrogen) atoms. The number of sulfonamides is 1. The zero-order valence-electron chi connectivity index (χ0n) is 16.2. The van der Waals surface area contributed by atoms with Gasteiger partial charge in [-0.25, -0.2) is 8.42 Å². The normalized spacial score (nSPS) is 11.1. The minimum absolute atomic E-state index is 0.0724. The molecule has 0 atom stereocenters. The van der Waals surface area contributed by atoms with Gasteiger partial charge in [0.05, 0.1) is 17.7 Å². The minimum Gasteiger partial charge on any atom is -0.495 e. The summed E-state index contributed by atoms with van der Waals surface area (Å²) in [6, 6.07) is 11.5. The molecule has 0 radical (unpaired) electrons. The van der Waals surface area contributed by atoms with Gasteiger partial charge in [-0.1, -0.05) is 31.5 Å². The first-order valence-corrected chi connectivity index (χ1v) is 10.3. The number of benzene rings is 2. The Balaban J connectivity index is 2.35. The van der Waals surface area contributed by atoms with Crippen LogP contribution < -0.4 is 9.46 Å². The van der Waals surface area contributed by atoms with Gasteiger partial charge in [0.2, 0.25) is 0 Å². The van der Waals surface area contributed by atoms with Crippen LogP contribution in [-0.2, 0) is 10.0 Å². The van der Waals surface area contributed by atoms with Crippen molar-refractivity contribution in [3.63, 3.8) is 0 Å². The lowest BCUT2D eigenvalue weighted by molar-refractivity contribution is 0.0793. The number of anilines is 1. The predicted molar refractivity (Wildman–Crippen MR) is 107 cm³/mol. The standard InChI is InChI=1S/C20H26N2O4S/c1-5-6-13-22(3)20(23)16-12-11-15(2)19(14-16)27(24,25)21-17-9-7-8-10-18(17)26-4/h7-12,14,21H,5-6,13H2,1-4H3. The second-order valence-electron chi connectivity index (χ2n) is 6.37. The fourth-order valence-corrected chi connectivity index (χ4v) is 4.01. The summed E-state index contributed by atoms with van der Waals surface area (Å²) in [5, 5.41) is 0. The Morgan fingerprint density at radius 2 is 1.89 bits per heavy atom. The minimum atomic E-state index is -3.88. The maximum Gasteiger partial charge on any atom is 0.262 e. The number of nitrogens with zero attached hydrogens (tertiary/aromatic N) is 1. The van der Waals surface area contributed by atoms with Crippen molar-refractivity contribution >= 4 is 21.6 Å². The van der Waals surface area contributed by atoms with Gasteiger partial charge in [0.25, 0.3) is 15.9 Å². The average Bonchev–Trinajstić information content (AvgIpc) is 2.65. The fourth-order valence-electron chi connectivity index (χ4n) is 2.67. The Bertz CT molecular complexity index is 910. The molecule has 0 aliphatic rings. The molecule has 0 saturated heterocycles. The highest BCUT2D eigenvalue weighted by atomic mass is 32.2. The quantitative estimate of drug-likeness (QED) is 0.746. The molecule has 0 unspecified atom stereocenters. The third kappa shape index (κ3) is 5.01. The second-order valence-corrected chi connectivity index (χ2v) is 8.02. The molecule has 1 amide bonds. The lowest BCUT2D eigenvalue weighted by atomic mass is 10.1. The van der Waals surface area contributed by atoms with E-state index in [0.29, 0.717) is 29.1 Å². The highest BCUT2D eigenvalue weighted by Crippen LogP contribution is 2.27. The Hall–Kier alpha value is -2.54. The number of rotatable bonds is 8. The largest absolute Gasteiger partial charge is 0.495 e. The summed E-state index contributed by atoms with van der Waals surface area (Å²) in [5.74, 6) is 0.224. The SMILES string of the molecule is CCCCN(C)C(=O)c1ccc(C)c(S(=O)(=O)Nc2ccccc2OC)c1. The van der Waals surface area contributed by atoms with Crippen molar-refractivity contribution in [3.8, 4) is 5.75 Å². The van der Waals surface area contributed by atoms with Crippen molar-refractivity contribution in [1.29, 1.82) is 0 Å². The molecule has 1 N–H and O–H groups in total. The third-order valence-corrected chi connectivity index (χ3v) is 5.78. The third-order valence-electron chi connectivity index (χ3n) is 4.27. The van der Waals surface area contributed by atoms with Crippen molar-refractivity contribution in [3.05, 3.63) is 53.6 Å². The van der Waals surface area contributed by atoms with E-state index >= 15 is 0 Å². The van der Waals surface area contributed by atoms with Crippen molar-refractivity contribution in [1.82, 2.24) is 4.90 Å². The number of para-hydroxylation sites is 2. The van der Waals surface area contributed by atoms with Crippen LogP contribution in [0.25, 0.3) is 0 Å². The maximum absolute atomic E-state index is 12.9. The summed E-state index contributed by atoms with van der Waals surface area (Å²) in [6.45, 7) is 4.38. The van der Waals surface area contributed by atoms with Crippen LogP contribution in [0.2, 0.25) is 0 Å². The van der Waals surface area contributed by atoms with E-state index < -0.39 is 10.0 Å². The van der Waals surface area contributed by atoms with E-state index in [4.69, 9.17) is 4.74 Å². The van der Waals surface area contributed by atoms with E-state index in [0.717, 1.165) is 12.8 Å². The van der Waals surface area contributed by atoms with E-state index in [2.05, 4.69) is 11.6 Å². The Morgan fingerprint density at radius 3 is 2.56 bits per heavy atom. The molecular formula is C20H26N2O4S. The van der Waals surface area contributed by atoms with E-state index in [-0.39, 0.29) is 10.8 Å². The van der Waals surface area contributed by atoms with E-state index in [1.165, 1.54) is 13.2 Å². The van der Waals surface area contributed by atoms with Crippen molar-refractivity contribution < 1.29 is 17.9 Å². The Labute approximate surface area is 161 Å². The van der Waals surface area contributed by atoms with Gasteiger partial charge in [-0.05, 0) is 43.2 Å². The van der Waals surface area contributed by atoms with Crippen LogP contribution in [0.5, 0.6) is 5.75 Å². The van der Waals surface area contributed by atoms with Gasteiger partial charge in [0, 0.05) is 19.2 Å². The van der Waals surface area contributed by atoms with Crippen molar-refractivity contribution in [2.24, 2.45) is 0 Å². The van der Waals surface area contributed by atoms with E-state index in [1.54, 1.807) is 55.3 Å². The lowest BCUT2D eigenvalue weighted by Crippen LogP contribution is -2.28. The zero-order valence-corrected chi connectivity index (χ0v) is 17.0. The van der Waals surface area contributed by atoms with Crippen LogP contribution in [0.15, 0.2) is 47.4 Å². The summed E-state index contributed by atoms with van der Waals surface area (Å²) in [7, 11) is -0.679. The molecule has 0 aliphatic carbocycles. The summed E-state index contributed by atoms with van der Waals surface area (Å²) >= 11 is 0. The van der Waals surface area contributed by atoms with Gasteiger partial charge in [-0.15, -0.1) is 0 Å². The van der Waals surface area contributed by atoms with E-state index in [1.807, 2.05) is 0 Å². The first kappa shape index (κ1) is 20.8. The molecule has 0 fully saturated rings. The molecule has 0 bridgehead atoms. The number of amides is 1. The molecule has 6 nitrogen and oxygen atoms in total. The molecule has 2 aromatic carbocycles.